The van der Waals surface area contributed by atoms with Crippen LogP contribution in [0.15, 0.2) is 16.5 Å². The highest BCUT2D eigenvalue weighted by Gasteiger charge is 2.25. The van der Waals surface area contributed by atoms with Crippen molar-refractivity contribution >= 4 is 23.9 Å². The summed E-state index contributed by atoms with van der Waals surface area (Å²) < 4.78 is 10.2. The third-order valence-electron chi connectivity index (χ3n) is 2.11. The number of carbonyl (C=O) groups excluding carboxylic acids is 2. The van der Waals surface area contributed by atoms with Crippen molar-refractivity contribution in [1.29, 1.82) is 0 Å². The van der Waals surface area contributed by atoms with Crippen LogP contribution in [-0.4, -0.2) is 24.2 Å². The van der Waals surface area contributed by atoms with Crippen molar-refractivity contribution < 1.29 is 18.7 Å². The largest absolute Gasteiger partial charge is 0.466 e. The average Bonchev–Trinajstić information content (AvgIpc) is 2.64. The highest BCUT2D eigenvalue weighted by atomic mass is 35.5. The molecule has 0 N–H and O–H groups in total. The van der Waals surface area contributed by atoms with Gasteiger partial charge in [-0.25, -0.2) is 0 Å². The Bertz CT molecular complexity index is 372. The summed E-state index contributed by atoms with van der Waals surface area (Å²) in [6, 6.07) is 3.49. The first-order valence-electron chi connectivity index (χ1n) is 4.83. The first kappa shape index (κ1) is 12.8. The Labute approximate surface area is 98.5 Å². The number of alkyl halides is 1. The Hall–Kier alpha value is -1.29. The van der Waals surface area contributed by atoms with Crippen LogP contribution in [0.2, 0.25) is 0 Å². The van der Waals surface area contributed by atoms with E-state index in [4.69, 9.17) is 20.8 Å². The van der Waals surface area contributed by atoms with Crippen molar-refractivity contribution in [2.45, 2.75) is 25.1 Å². The molecule has 0 radical (unpaired) electrons. The van der Waals surface area contributed by atoms with Gasteiger partial charge in [0.05, 0.1) is 5.92 Å². The van der Waals surface area contributed by atoms with Crippen LogP contribution in [0.25, 0.3) is 0 Å². The van der Waals surface area contributed by atoms with Gasteiger partial charge in [0, 0.05) is 6.92 Å². The summed E-state index contributed by atoms with van der Waals surface area (Å²) in [6.45, 7) is 3.13. The highest BCUT2D eigenvalue weighted by molar-refractivity contribution is 6.28. The fourth-order valence-corrected chi connectivity index (χ4v) is 1.48. The topological polar surface area (TPSA) is 56.5 Å². The molecule has 0 aliphatic carbocycles. The molecule has 0 aliphatic rings. The molecule has 0 aromatic carbocycles. The van der Waals surface area contributed by atoms with Crippen molar-refractivity contribution in [1.82, 2.24) is 0 Å². The minimum absolute atomic E-state index is 0.0369. The van der Waals surface area contributed by atoms with Gasteiger partial charge < -0.3 is 13.9 Å². The second kappa shape index (κ2) is 5.70. The fourth-order valence-electron chi connectivity index (χ4n) is 1.29. The van der Waals surface area contributed by atoms with Crippen LogP contribution in [0.4, 0.5) is 0 Å². The highest BCUT2D eigenvalue weighted by Crippen LogP contribution is 2.25. The number of hydrogen-bond acceptors (Lipinski definition) is 4. The molecule has 0 unspecified atom stereocenters. The molecule has 1 rings (SSSR count). The summed E-state index contributed by atoms with van der Waals surface area (Å²) in [5.41, 5.74) is 0. The first-order chi connectivity index (χ1) is 7.54. The van der Waals surface area contributed by atoms with Crippen LogP contribution in [0.1, 0.15) is 24.4 Å². The number of aryl methyl sites for hydroxylation is 1. The molecular weight excluding hydrogens is 232 g/mol. The van der Waals surface area contributed by atoms with E-state index in [9.17, 15) is 9.59 Å². The van der Waals surface area contributed by atoms with E-state index in [1.165, 1.54) is 6.92 Å². The maximum atomic E-state index is 10.7. The van der Waals surface area contributed by atoms with Crippen LogP contribution >= 0.6 is 11.6 Å². The lowest BCUT2D eigenvalue weighted by atomic mass is 10.0. The lowest BCUT2D eigenvalue weighted by Gasteiger charge is -2.15. The summed E-state index contributed by atoms with van der Waals surface area (Å²) in [6.07, 6.45) is 0.605. The average molecular weight is 245 g/mol. The number of halogens is 1. The maximum Gasteiger partial charge on any atom is 0.302 e. The molecule has 88 valence electrons. The Balaban J connectivity index is 2.78. The van der Waals surface area contributed by atoms with Crippen LogP contribution in [0, 0.1) is 6.92 Å². The second-order valence-electron chi connectivity index (χ2n) is 3.44. The zero-order chi connectivity index (χ0) is 12.1. The molecule has 16 heavy (non-hydrogen) atoms. The molecule has 4 nitrogen and oxygen atoms in total. The molecule has 0 bridgehead atoms. The van der Waals surface area contributed by atoms with Crippen molar-refractivity contribution in [3.8, 4) is 0 Å². The van der Waals surface area contributed by atoms with Gasteiger partial charge in [0.1, 0.15) is 29.8 Å². The number of carbonyl (C=O) groups is 2. The quantitative estimate of drug-likeness (QED) is 0.452. The van der Waals surface area contributed by atoms with Crippen molar-refractivity contribution in [3.63, 3.8) is 0 Å². The third-order valence-corrected chi connectivity index (χ3v) is 2.51. The molecule has 2 atom stereocenters. The Morgan fingerprint density at radius 3 is 2.75 bits per heavy atom. The molecule has 0 saturated heterocycles. The SMILES string of the molecule is CC(=O)OC[C@@H](c1ccc(C)o1)[C@@H](Cl)C=O. The van der Waals surface area contributed by atoms with E-state index in [1.54, 1.807) is 19.1 Å². The van der Waals surface area contributed by atoms with Gasteiger partial charge in [0.15, 0.2) is 0 Å². The zero-order valence-electron chi connectivity index (χ0n) is 9.10. The number of ether oxygens (including phenoxy) is 1. The Morgan fingerprint density at radius 2 is 2.31 bits per heavy atom. The smallest absolute Gasteiger partial charge is 0.302 e. The van der Waals surface area contributed by atoms with Crippen LogP contribution < -0.4 is 0 Å². The monoisotopic (exact) mass is 244 g/mol. The summed E-state index contributed by atoms with van der Waals surface area (Å²) >= 11 is 5.84. The molecule has 0 aliphatic heterocycles. The number of rotatable bonds is 5. The fraction of sp³-hybridized carbons (Fsp3) is 0.455. The molecule has 1 heterocycles. The number of hydrogen-bond donors (Lipinski definition) is 0. The number of esters is 1. The van der Waals surface area contributed by atoms with Gasteiger partial charge >= 0.3 is 5.97 Å². The standard InChI is InChI=1S/C11H13ClO4/c1-7-3-4-11(16-7)9(10(12)5-13)6-15-8(2)14/h3-5,9-10H,6H2,1-2H3/t9-,10+/m1/s1. The van der Waals surface area contributed by atoms with Gasteiger partial charge in [-0.15, -0.1) is 11.6 Å². The number of furan rings is 1. The Morgan fingerprint density at radius 1 is 1.62 bits per heavy atom. The summed E-state index contributed by atoms with van der Waals surface area (Å²) in [5, 5.41) is -0.773. The normalized spacial score (nSPS) is 14.2. The zero-order valence-corrected chi connectivity index (χ0v) is 9.86. The number of aldehydes is 1. The molecule has 1 aromatic rings. The van der Waals surface area contributed by atoms with Crippen molar-refractivity contribution in [3.05, 3.63) is 23.7 Å². The van der Waals surface area contributed by atoms with Crippen LogP contribution in [-0.2, 0) is 14.3 Å². The van der Waals surface area contributed by atoms with Crippen molar-refractivity contribution in [2.75, 3.05) is 6.61 Å². The van der Waals surface area contributed by atoms with Gasteiger partial charge in [-0.3, -0.25) is 4.79 Å². The minimum Gasteiger partial charge on any atom is -0.466 e. The molecular formula is C11H13ClO4. The van der Waals surface area contributed by atoms with Gasteiger partial charge in [0.2, 0.25) is 0 Å². The maximum absolute atomic E-state index is 10.7. The van der Waals surface area contributed by atoms with E-state index < -0.39 is 17.3 Å². The molecule has 1 aromatic heterocycles. The van der Waals surface area contributed by atoms with Crippen molar-refractivity contribution in [2.24, 2.45) is 0 Å². The minimum atomic E-state index is -0.773. The molecule has 5 heteroatoms. The van der Waals surface area contributed by atoms with E-state index >= 15 is 0 Å². The van der Waals surface area contributed by atoms with E-state index in [1.807, 2.05) is 0 Å². The van der Waals surface area contributed by atoms with E-state index in [0.717, 1.165) is 5.76 Å². The summed E-state index contributed by atoms with van der Waals surface area (Å²) in [5.74, 6) is 0.406. The first-order valence-corrected chi connectivity index (χ1v) is 5.27. The van der Waals surface area contributed by atoms with Gasteiger partial charge in [-0.2, -0.15) is 0 Å². The Kier molecular flexibility index (Phi) is 4.55. The second-order valence-corrected chi connectivity index (χ2v) is 3.94. The predicted octanol–water partition coefficient (Wildman–Crippen LogP) is 2.04. The molecule has 0 amide bonds. The van der Waals surface area contributed by atoms with Gasteiger partial charge in [-0.1, -0.05) is 0 Å². The summed E-state index contributed by atoms with van der Waals surface area (Å²) in [4.78, 5) is 21.4. The van der Waals surface area contributed by atoms with Gasteiger partial charge in [0.25, 0.3) is 0 Å². The predicted molar refractivity (Wildman–Crippen MR) is 58.5 cm³/mol. The van der Waals surface area contributed by atoms with Crippen LogP contribution in [0.5, 0.6) is 0 Å². The lowest BCUT2D eigenvalue weighted by molar-refractivity contribution is -0.141. The van der Waals surface area contributed by atoms with Gasteiger partial charge in [-0.05, 0) is 19.1 Å². The third kappa shape index (κ3) is 3.38. The molecule has 0 spiro atoms. The molecule has 0 fully saturated rings. The molecule has 0 saturated carbocycles. The van der Waals surface area contributed by atoms with E-state index in [-0.39, 0.29) is 6.61 Å². The van der Waals surface area contributed by atoms with E-state index in [0.29, 0.717) is 12.0 Å². The summed E-state index contributed by atoms with van der Waals surface area (Å²) in [7, 11) is 0. The van der Waals surface area contributed by atoms with E-state index in [2.05, 4.69) is 0 Å². The lowest BCUT2D eigenvalue weighted by Crippen LogP contribution is -2.20. The van der Waals surface area contributed by atoms with Crippen LogP contribution in [0.3, 0.4) is 0 Å².